The molecule has 0 aliphatic carbocycles. The molecule has 0 spiro atoms. The summed E-state index contributed by atoms with van der Waals surface area (Å²) in [5, 5.41) is 3.82. The zero-order valence-electron chi connectivity index (χ0n) is 13.8. The van der Waals surface area contributed by atoms with E-state index in [1.165, 1.54) is 22.7 Å². The fourth-order valence-corrected chi connectivity index (χ4v) is 4.18. The first-order chi connectivity index (χ1) is 12.0. The maximum absolute atomic E-state index is 12.6. The molecule has 1 aromatic heterocycles. The van der Waals surface area contributed by atoms with E-state index in [1.54, 1.807) is 24.3 Å². The molecule has 1 aliphatic rings. The van der Waals surface area contributed by atoms with Crippen molar-refractivity contribution in [1.82, 2.24) is 9.73 Å². The van der Waals surface area contributed by atoms with Gasteiger partial charge in [-0.25, -0.2) is 13.8 Å². The van der Waals surface area contributed by atoms with Gasteiger partial charge in [-0.05, 0) is 50.1 Å². The van der Waals surface area contributed by atoms with Crippen LogP contribution in [0.4, 0.5) is 0 Å². The van der Waals surface area contributed by atoms with Crippen LogP contribution in [-0.4, -0.2) is 37.9 Å². The Balaban J connectivity index is 1.72. The SMILES string of the molecule is Cc1ccc(/C=N\NC(=O)c2cccc(S(=O)(=O)N3CCCC3)c2)o1. The molecule has 1 amide bonds. The van der Waals surface area contributed by atoms with Crippen LogP contribution >= 0.6 is 0 Å². The molecule has 1 aromatic carbocycles. The molecular weight excluding hydrogens is 342 g/mol. The number of rotatable bonds is 5. The van der Waals surface area contributed by atoms with Crippen molar-refractivity contribution in [3.63, 3.8) is 0 Å². The van der Waals surface area contributed by atoms with Crippen LogP contribution in [0.15, 0.2) is 50.8 Å². The summed E-state index contributed by atoms with van der Waals surface area (Å²) in [6, 6.07) is 9.49. The molecule has 2 aromatic rings. The maximum Gasteiger partial charge on any atom is 0.271 e. The molecular formula is C17H19N3O4S. The van der Waals surface area contributed by atoms with Gasteiger partial charge in [0.05, 0.1) is 11.1 Å². The molecule has 1 aliphatic heterocycles. The van der Waals surface area contributed by atoms with E-state index in [4.69, 9.17) is 4.42 Å². The summed E-state index contributed by atoms with van der Waals surface area (Å²) in [5.41, 5.74) is 2.60. The molecule has 3 rings (SSSR count). The number of carbonyl (C=O) groups is 1. The van der Waals surface area contributed by atoms with Gasteiger partial charge in [0.1, 0.15) is 11.5 Å². The largest absolute Gasteiger partial charge is 0.460 e. The van der Waals surface area contributed by atoms with Crippen LogP contribution in [-0.2, 0) is 10.0 Å². The van der Waals surface area contributed by atoms with Gasteiger partial charge in [0.2, 0.25) is 10.0 Å². The van der Waals surface area contributed by atoms with Crippen molar-refractivity contribution < 1.29 is 17.6 Å². The van der Waals surface area contributed by atoms with Gasteiger partial charge in [-0.15, -0.1) is 0 Å². The van der Waals surface area contributed by atoms with E-state index >= 15 is 0 Å². The summed E-state index contributed by atoms with van der Waals surface area (Å²) in [7, 11) is -3.56. The summed E-state index contributed by atoms with van der Waals surface area (Å²) in [4.78, 5) is 12.3. The van der Waals surface area contributed by atoms with Gasteiger partial charge >= 0.3 is 0 Å². The lowest BCUT2D eigenvalue weighted by molar-refractivity contribution is 0.0955. The monoisotopic (exact) mass is 361 g/mol. The molecule has 0 saturated carbocycles. The fraction of sp³-hybridized carbons (Fsp3) is 0.294. The van der Waals surface area contributed by atoms with Crippen molar-refractivity contribution in [3.05, 3.63) is 53.5 Å². The third-order valence-electron chi connectivity index (χ3n) is 3.92. The summed E-state index contributed by atoms with van der Waals surface area (Å²) in [5.74, 6) is 0.772. The van der Waals surface area contributed by atoms with E-state index in [9.17, 15) is 13.2 Å². The van der Waals surface area contributed by atoms with Gasteiger partial charge in [-0.1, -0.05) is 6.07 Å². The highest BCUT2D eigenvalue weighted by Crippen LogP contribution is 2.21. The molecule has 25 heavy (non-hydrogen) atoms. The number of hydrazone groups is 1. The van der Waals surface area contributed by atoms with Crippen molar-refractivity contribution in [2.45, 2.75) is 24.7 Å². The number of furan rings is 1. The van der Waals surface area contributed by atoms with E-state index < -0.39 is 15.9 Å². The number of benzene rings is 1. The van der Waals surface area contributed by atoms with Crippen molar-refractivity contribution in [2.75, 3.05) is 13.1 Å². The molecule has 2 heterocycles. The highest BCUT2D eigenvalue weighted by molar-refractivity contribution is 7.89. The molecule has 1 N–H and O–H groups in total. The molecule has 0 bridgehead atoms. The molecule has 0 unspecified atom stereocenters. The van der Waals surface area contributed by atoms with Gasteiger partial charge in [-0.2, -0.15) is 9.41 Å². The number of sulfonamides is 1. The Morgan fingerprint density at radius 1 is 1.24 bits per heavy atom. The summed E-state index contributed by atoms with van der Waals surface area (Å²) in [6.45, 7) is 2.85. The minimum atomic E-state index is -3.56. The van der Waals surface area contributed by atoms with Gasteiger partial charge < -0.3 is 4.42 Å². The number of nitrogens with one attached hydrogen (secondary N) is 1. The summed E-state index contributed by atoms with van der Waals surface area (Å²) < 4.78 is 31.9. The van der Waals surface area contributed by atoms with Crippen LogP contribution < -0.4 is 5.43 Å². The third kappa shape index (κ3) is 3.97. The van der Waals surface area contributed by atoms with Crippen molar-refractivity contribution in [2.24, 2.45) is 5.10 Å². The molecule has 0 atom stereocenters. The highest BCUT2D eigenvalue weighted by atomic mass is 32.2. The number of carbonyl (C=O) groups excluding carboxylic acids is 1. The second-order valence-corrected chi connectivity index (χ2v) is 7.72. The summed E-state index contributed by atoms with van der Waals surface area (Å²) >= 11 is 0. The highest BCUT2D eigenvalue weighted by Gasteiger charge is 2.27. The Kier molecular flexibility index (Phi) is 5.00. The number of aryl methyl sites for hydroxylation is 1. The van der Waals surface area contributed by atoms with E-state index in [0.717, 1.165) is 18.6 Å². The van der Waals surface area contributed by atoms with Crippen LogP contribution in [0.2, 0.25) is 0 Å². The molecule has 0 radical (unpaired) electrons. The number of amides is 1. The third-order valence-corrected chi connectivity index (χ3v) is 5.81. The second-order valence-electron chi connectivity index (χ2n) is 5.79. The van der Waals surface area contributed by atoms with E-state index in [-0.39, 0.29) is 10.5 Å². The Labute approximate surface area is 146 Å². The average molecular weight is 361 g/mol. The lowest BCUT2D eigenvalue weighted by Gasteiger charge is -2.15. The molecule has 1 saturated heterocycles. The lowest BCUT2D eigenvalue weighted by atomic mass is 10.2. The molecule has 1 fully saturated rings. The average Bonchev–Trinajstić information content (AvgIpc) is 3.27. The number of hydrogen-bond donors (Lipinski definition) is 1. The Bertz CT molecular complexity index is 896. The Morgan fingerprint density at radius 3 is 2.68 bits per heavy atom. The van der Waals surface area contributed by atoms with Gasteiger partial charge in [0.25, 0.3) is 5.91 Å². The van der Waals surface area contributed by atoms with Crippen molar-refractivity contribution >= 4 is 22.1 Å². The first-order valence-corrected chi connectivity index (χ1v) is 9.41. The smallest absolute Gasteiger partial charge is 0.271 e. The van der Waals surface area contributed by atoms with E-state index in [2.05, 4.69) is 10.5 Å². The predicted molar refractivity (Wildman–Crippen MR) is 92.9 cm³/mol. The standard InChI is InChI=1S/C17H19N3O4S/c1-13-7-8-15(24-13)12-18-19-17(21)14-5-4-6-16(11-14)25(22,23)20-9-2-3-10-20/h4-8,11-12H,2-3,9-10H2,1H3,(H,19,21)/b18-12-. The number of nitrogens with zero attached hydrogens (tertiary/aromatic N) is 2. The maximum atomic E-state index is 12.6. The molecule has 132 valence electrons. The van der Waals surface area contributed by atoms with Crippen LogP contribution in [0.3, 0.4) is 0 Å². The molecule has 7 nitrogen and oxygen atoms in total. The minimum absolute atomic E-state index is 0.118. The quantitative estimate of drug-likeness (QED) is 0.652. The zero-order valence-corrected chi connectivity index (χ0v) is 14.6. The first-order valence-electron chi connectivity index (χ1n) is 7.97. The second kappa shape index (κ2) is 7.20. The predicted octanol–water partition coefficient (Wildman–Crippen LogP) is 2.14. The number of hydrogen-bond acceptors (Lipinski definition) is 5. The summed E-state index contributed by atoms with van der Waals surface area (Å²) in [6.07, 6.45) is 3.11. The normalized spacial score (nSPS) is 15.7. The molecule has 8 heteroatoms. The lowest BCUT2D eigenvalue weighted by Crippen LogP contribution is -2.28. The fourth-order valence-electron chi connectivity index (χ4n) is 2.62. The topological polar surface area (TPSA) is 92.0 Å². The van der Waals surface area contributed by atoms with Crippen LogP contribution in [0.25, 0.3) is 0 Å². The van der Waals surface area contributed by atoms with Crippen molar-refractivity contribution in [3.8, 4) is 0 Å². The van der Waals surface area contributed by atoms with Gasteiger partial charge in [0, 0.05) is 18.7 Å². The van der Waals surface area contributed by atoms with Gasteiger partial charge in [-0.3, -0.25) is 4.79 Å². The van der Waals surface area contributed by atoms with Crippen LogP contribution in [0, 0.1) is 6.92 Å². The van der Waals surface area contributed by atoms with Crippen molar-refractivity contribution in [1.29, 1.82) is 0 Å². The van der Waals surface area contributed by atoms with Crippen LogP contribution in [0.1, 0.15) is 34.7 Å². The van der Waals surface area contributed by atoms with E-state index in [0.29, 0.717) is 18.8 Å². The Hall–Kier alpha value is -2.45. The Morgan fingerprint density at radius 2 is 2.00 bits per heavy atom. The minimum Gasteiger partial charge on any atom is -0.460 e. The van der Waals surface area contributed by atoms with Crippen LogP contribution in [0.5, 0.6) is 0 Å². The first kappa shape index (κ1) is 17.4. The zero-order chi connectivity index (χ0) is 17.9. The van der Waals surface area contributed by atoms with E-state index in [1.807, 2.05) is 6.92 Å². The van der Waals surface area contributed by atoms with Gasteiger partial charge in [0.15, 0.2) is 0 Å².